The summed E-state index contributed by atoms with van der Waals surface area (Å²) in [5, 5.41) is 14.9. The van der Waals surface area contributed by atoms with Gasteiger partial charge in [-0.2, -0.15) is 0 Å². The highest BCUT2D eigenvalue weighted by molar-refractivity contribution is 6.30. The molecule has 0 aliphatic heterocycles. The zero-order valence-electron chi connectivity index (χ0n) is 11.3. The number of halogens is 1. The normalized spacial score (nSPS) is 11.9. The zero-order valence-corrected chi connectivity index (χ0v) is 12.1. The van der Waals surface area contributed by atoms with Crippen molar-refractivity contribution >= 4 is 23.3 Å². The lowest BCUT2D eigenvalue weighted by atomic mass is 10.1. The summed E-state index contributed by atoms with van der Waals surface area (Å²) >= 11 is 5.81. The van der Waals surface area contributed by atoms with E-state index < -0.39 is 12.0 Å². The molecule has 2 rings (SSSR count). The standard InChI is InChI=1S/C16H16ClNO2/c1-10-7-11(2)9-14(8-10)18-15(16(19)20)12-3-5-13(17)6-4-12/h3-9,15,18H,1-2H3,(H,19,20)/p-1/t15-/m1/s1. The Kier molecular flexibility index (Phi) is 4.30. The summed E-state index contributed by atoms with van der Waals surface area (Å²) < 4.78 is 0. The van der Waals surface area contributed by atoms with E-state index in [4.69, 9.17) is 11.6 Å². The Hall–Kier alpha value is -2.00. The molecular formula is C16H15ClNO2-. The second kappa shape index (κ2) is 5.97. The Balaban J connectivity index is 2.30. The van der Waals surface area contributed by atoms with Crippen molar-refractivity contribution in [3.05, 3.63) is 64.2 Å². The van der Waals surface area contributed by atoms with Crippen LogP contribution in [0.3, 0.4) is 0 Å². The molecule has 0 spiro atoms. The van der Waals surface area contributed by atoms with Crippen molar-refractivity contribution in [1.29, 1.82) is 0 Å². The number of hydrogen-bond acceptors (Lipinski definition) is 3. The number of carboxylic acids is 1. The quantitative estimate of drug-likeness (QED) is 0.941. The lowest BCUT2D eigenvalue weighted by Crippen LogP contribution is -2.34. The van der Waals surface area contributed by atoms with E-state index in [0.717, 1.165) is 16.8 Å². The molecule has 0 heterocycles. The third-order valence-corrected chi connectivity index (χ3v) is 3.22. The number of aryl methyl sites for hydroxylation is 2. The molecule has 0 saturated carbocycles. The second-order valence-electron chi connectivity index (χ2n) is 4.82. The number of hydrogen-bond donors (Lipinski definition) is 1. The van der Waals surface area contributed by atoms with Gasteiger partial charge in [0.25, 0.3) is 0 Å². The van der Waals surface area contributed by atoms with Gasteiger partial charge in [-0.1, -0.05) is 29.8 Å². The van der Waals surface area contributed by atoms with Crippen LogP contribution in [-0.4, -0.2) is 5.97 Å². The lowest BCUT2D eigenvalue weighted by molar-refractivity contribution is -0.307. The molecule has 1 atom stereocenters. The maximum atomic E-state index is 11.4. The van der Waals surface area contributed by atoms with Crippen molar-refractivity contribution in [2.45, 2.75) is 19.9 Å². The number of aliphatic carboxylic acids is 1. The SMILES string of the molecule is Cc1cc(C)cc(N[C@@H](C(=O)[O-])c2ccc(Cl)cc2)c1. The van der Waals surface area contributed by atoms with Crippen molar-refractivity contribution in [2.24, 2.45) is 0 Å². The Morgan fingerprint density at radius 1 is 1.10 bits per heavy atom. The van der Waals surface area contributed by atoms with Gasteiger partial charge in [0.2, 0.25) is 0 Å². The number of anilines is 1. The average Bonchev–Trinajstić information content (AvgIpc) is 2.36. The maximum Gasteiger partial charge on any atom is 0.0912 e. The van der Waals surface area contributed by atoms with Crippen LogP contribution in [-0.2, 0) is 4.79 Å². The zero-order chi connectivity index (χ0) is 14.7. The van der Waals surface area contributed by atoms with Gasteiger partial charge in [-0.15, -0.1) is 0 Å². The molecule has 0 aromatic heterocycles. The number of benzene rings is 2. The van der Waals surface area contributed by atoms with E-state index in [2.05, 4.69) is 5.32 Å². The molecule has 0 fully saturated rings. The number of carboxylic acid groups (broad SMARTS) is 1. The van der Waals surface area contributed by atoms with Crippen molar-refractivity contribution in [2.75, 3.05) is 5.32 Å². The van der Waals surface area contributed by atoms with Crippen molar-refractivity contribution in [3.8, 4) is 0 Å². The van der Waals surface area contributed by atoms with E-state index in [1.807, 2.05) is 32.0 Å². The number of carbonyl (C=O) groups is 1. The van der Waals surface area contributed by atoms with Gasteiger partial charge in [0.05, 0.1) is 12.0 Å². The molecule has 0 aliphatic rings. The third-order valence-electron chi connectivity index (χ3n) is 2.97. The molecule has 2 aromatic rings. The van der Waals surface area contributed by atoms with Crippen LogP contribution in [0.25, 0.3) is 0 Å². The first-order chi connectivity index (χ1) is 9.45. The molecule has 0 saturated heterocycles. The molecule has 0 unspecified atom stereocenters. The molecule has 0 aliphatic carbocycles. The van der Waals surface area contributed by atoms with Crippen LogP contribution in [0.4, 0.5) is 5.69 Å². The molecule has 104 valence electrons. The molecule has 2 aromatic carbocycles. The van der Waals surface area contributed by atoms with Crippen LogP contribution in [0.15, 0.2) is 42.5 Å². The fourth-order valence-electron chi connectivity index (χ4n) is 2.16. The van der Waals surface area contributed by atoms with Gasteiger partial charge in [0.15, 0.2) is 0 Å². The van der Waals surface area contributed by atoms with E-state index in [9.17, 15) is 9.90 Å². The minimum absolute atomic E-state index is 0.567. The van der Waals surface area contributed by atoms with Crippen molar-refractivity contribution in [1.82, 2.24) is 0 Å². The predicted octanol–water partition coefficient (Wildman–Crippen LogP) is 2.86. The smallest absolute Gasteiger partial charge is 0.0912 e. The number of carbonyl (C=O) groups excluding carboxylic acids is 1. The van der Waals surface area contributed by atoms with Crippen LogP contribution in [0.1, 0.15) is 22.7 Å². The molecule has 4 heteroatoms. The van der Waals surface area contributed by atoms with E-state index in [1.54, 1.807) is 24.3 Å². The van der Waals surface area contributed by atoms with Gasteiger partial charge in [0, 0.05) is 10.7 Å². The van der Waals surface area contributed by atoms with Crippen molar-refractivity contribution in [3.63, 3.8) is 0 Å². The van der Waals surface area contributed by atoms with Gasteiger partial charge >= 0.3 is 0 Å². The summed E-state index contributed by atoms with van der Waals surface area (Å²) in [4.78, 5) is 11.4. The average molecular weight is 289 g/mol. The fraction of sp³-hybridized carbons (Fsp3) is 0.188. The number of rotatable bonds is 4. The summed E-state index contributed by atoms with van der Waals surface area (Å²) in [5.41, 5.74) is 3.50. The van der Waals surface area contributed by atoms with E-state index in [1.165, 1.54) is 0 Å². The predicted molar refractivity (Wildman–Crippen MR) is 78.7 cm³/mol. The van der Waals surface area contributed by atoms with E-state index in [0.29, 0.717) is 10.6 Å². The van der Waals surface area contributed by atoms with Gasteiger partial charge in [-0.25, -0.2) is 0 Å². The summed E-state index contributed by atoms with van der Waals surface area (Å²) in [6.07, 6.45) is 0. The van der Waals surface area contributed by atoms with Gasteiger partial charge in [0.1, 0.15) is 0 Å². The van der Waals surface area contributed by atoms with E-state index in [-0.39, 0.29) is 0 Å². The van der Waals surface area contributed by atoms with Crippen molar-refractivity contribution < 1.29 is 9.90 Å². The molecular weight excluding hydrogens is 274 g/mol. The molecule has 0 amide bonds. The summed E-state index contributed by atoms with van der Waals surface area (Å²) in [6.45, 7) is 3.93. The Labute approximate surface area is 123 Å². The van der Waals surface area contributed by atoms with Crippen LogP contribution in [0, 0.1) is 13.8 Å². The second-order valence-corrected chi connectivity index (χ2v) is 5.26. The Morgan fingerprint density at radius 2 is 1.65 bits per heavy atom. The third kappa shape index (κ3) is 3.52. The molecule has 20 heavy (non-hydrogen) atoms. The largest absolute Gasteiger partial charge is 0.548 e. The summed E-state index contributed by atoms with van der Waals surface area (Å²) in [6, 6.07) is 11.6. The topological polar surface area (TPSA) is 52.2 Å². The van der Waals surface area contributed by atoms with Crippen LogP contribution in [0.5, 0.6) is 0 Å². The highest BCUT2D eigenvalue weighted by atomic mass is 35.5. The minimum Gasteiger partial charge on any atom is -0.548 e. The first kappa shape index (κ1) is 14.4. The number of nitrogens with one attached hydrogen (secondary N) is 1. The van der Waals surface area contributed by atoms with Gasteiger partial charge in [-0.3, -0.25) is 0 Å². The Bertz CT molecular complexity index is 603. The maximum absolute atomic E-state index is 11.4. The van der Waals surface area contributed by atoms with Crippen LogP contribution in [0.2, 0.25) is 5.02 Å². The minimum atomic E-state index is -1.17. The fourth-order valence-corrected chi connectivity index (χ4v) is 2.28. The first-order valence-electron chi connectivity index (χ1n) is 6.27. The first-order valence-corrected chi connectivity index (χ1v) is 6.64. The lowest BCUT2D eigenvalue weighted by Gasteiger charge is -2.22. The molecule has 0 bridgehead atoms. The van der Waals surface area contributed by atoms with E-state index >= 15 is 0 Å². The van der Waals surface area contributed by atoms with Gasteiger partial charge in [-0.05, 0) is 54.8 Å². The Morgan fingerprint density at radius 3 is 2.15 bits per heavy atom. The molecule has 1 N–H and O–H groups in total. The summed E-state index contributed by atoms with van der Waals surface area (Å²) in [5.74, 6) is -1.17. The highest BCUT2D eigenvalue weighted by Gasteiger charge is 2.13. The monoisotopic (exact) mass is 288 g/mol. The van der Waals surface area contributed by atoms with Gasteiger partial charge < -0.3 is 15.2 Å². The highest BCUT2D eigenvalue weighted by Crippen LogP contribution is 2.22. The molecule has 0 radical (unpaired) electrons. The summed E-state index contributed by atoms with van der Waals surface area (Å²) in [7, 11) is 0. The molecule has 3 nitrogen and oxygen atoms in total. The van der Waals surface area contributed by atoms with Crippen LogP contribution < -0.4 is 10.4 Å². The van der Waals surface area contributed by atoms with Crippen LogP contribution >= 0.6 is 11.6 Å².